The van der Waals surface area contributed by atoms with Crippen molar-refractivity contribution in [3.63, 3.8) is 0 Å². The minimum absolute atomic E-state index is 0.333. The van der Waals surface area contributed by atoms with Crippen LogP contribution in [0.2, 0.25) is 0 Å². The van der Waals surface area contributed by atoms with Crippen LogP contribution in [0.5, 0.6) is 0 Å². The van der Waals surface area contributed by atoms with Crippen molar-refractivity contribution in [1.82, 2.24) is 4.72 Å². The number of aryl methyl sites for hydroxylation is 1. The summed E-state index contributed by atoms with van der Waals surface area (Å²) in [6.07, 6.45) is 7.21. The van der Waals surface area contributed by atoms with E-state index in [9.17, 15) is 8.42 Å². The van der Waals surface area contributed by atoms with Gasteiger partial charge < -0.3 is 4.74 Å². The molecule has 0 spiro atoms. The van der Waals surface area contributed by atoms with E-state index < -0.39 is 10.0 Å². The fourth-order valence-corrected chi connectivity index (χ4v) is 4.47. The van der Waals surface area contributed by atoms with Gasteiger partial charge in [-0.1, -0.05) is 30.2 Å². The van der Waals surface area contributed by atoms with E-state index in [1.807, 2.05) is 25.1 Å². The summed E-state index contributed by atoms with van der Waals surface area (Å²) in [5, 5.41) is 0. The zero-order chi connectivity index (χ0) is 16.8. The van der Waals surface area contributed by atoms with Gasteiger partial charge in [-0.15, -0.1) is 6.58 Å². The van der Waals surface area contributed by atoms with E-state index in [0.717, 1.165) is 44.1 Å². The first-order valence-corrected chi connectivity index (χ1v) is 9.75. The van der Waals surface area contributed by atoms with Crippen molar-refractivity contribution in [1.29, 1.82) is 0 Å². The number of unbranched alkanes of at least 4 members (excludes halogenated alkanes) is 2. The fourth-order valence-electron chi connectivity index (χ4n) is 2.98. The first-order valence-electron chi connectivity index (χ1n) is 8.27. The summed E-state index contributed by atoms with van der Waals surface area (Å²) in [4.78, 5) is 0.333. The van der Waals surface area contributed by atoms with E-state index >= 15 is 0 Å². The Kier molecular flexibility index (Phi) is 6.39. The normalized spacial score (nSPS) is 17.8. The number of rotatable bonds is 8. The van der Waals surface area contributed by atoms with Gasteiger partial charge in [0.05, 0.1) is 4.90 Å². The van der Waals surface area contributed by atoms with Crippen LogP contribution in [-0.2, 0) is 14.8 Å². The molecule has 1 heterocycles. The monoisotopic (exact) mass is 337 g/mol. The minimum Gasteiger partial charge on any atom is -0.381 e. The van der Waals surface area contributed by atoms with Crippen LogP contribution in [-0.4, -0.2) is 27.2 Å². The quantitative estimate of drug-likeness (QED) is 0.583. The molecule has 1 fully saturated rings. The van der Waals surface area contributed by atoms with E-state index in [4.69, 9.17) is 4.74 Å². The lowest BCUT2D eigenvalue weighted by Crippen LogP contribution is -2.51. The molecule has 2 rings (SSSR count). The predicted molar refractivity (Wildman–Crippen MR) is 92.9 cm³/mol. The third-order valence-corrected chi connectivity index (χ3v) is 6.04. The van der Waals surface area contributed by atoms with E-state index in [1.165, 1.54) is 0 Å². The third-order valence-electron chi connectivity index (χ3n) is 4.45. The number of sulfonamides is 1. The number of allylic oxidation sites excluding steroid dienone is 1. The summed E-state index contributed by atoms with van der Waals surface area (Å²) in [5.41, 5.74) is 0.664. The van der Waals surface area contributed by atoms with Crippen LogP contribution in [0.15, 0.2) is 41.8 Å². The number of ether oxygens (including phenoxy) is 1. The van der Waals surface area contributed by atoms with Gasteiger partial charge in [0.25, 0.3) is 0 Å². The average molecular weight is 337 g/mol. The SMILES string of the molecule is C=CCCCCC1(NS(=O)(=O)c2ccc(C)cc2)CCOCC1. The highest BCUT2D eigenvalue weighted by molar-refractivity contribution is 7.89. The van der Waals surface area contributed by atoms with Gasteiger partial charge >= 0.3 is 0 Å². The first kappa shape index (κ1) is 18.2. The molecule has 0 amide bonds. The largest absolute Gasteiger partial charge is 0.381 e. The maximum Gasteiger partial charge on any atom is 0.241 e. The molecule has 1 aliphatic rings. The second kappa shape index (κ2) is 8.08. The topological polar surface area (TPSA) is 55.4 Å². The van der Waals surface area contributed by atoms with Crippen molar-refractivity contribution in [3.8, 4) is 0 Å². The molecule has 4 nitrogen and oxygen atoms in total. The molecule has 128 valence electrons. The minimum atomic E-state index is -3.50. The van der Waals surface area contributed by atoms with Crippen LogP contribution in [0.4, 0.5) is 0 Å². The molecule has 0 saturated carbocycles. The lowest BCUT2D eigenvalue weighted by Gasteiger charge is -2.37. The van der Waals surface area contributed by atoms with Crippen molar-refractivity contribution in [3.05, 3.63) is 42.5 Å². The average Bonchev–Trinajstić information content (AvgIpc) is 2.52. The molecule has 0 aliphatic carbocycles. The van der Waals surface area contributed by atoms with Gasteiger partial charge in [-0.2, -0.15) is 0 Å². The Labute approximate surface area is 140 Å². The van der Waals surface area contributed by atoms with E-state index in [0.29, 0.717) is 18.1 Å². The van der Waals surface area contributed by atoms with Crippen molar-refractivity contribution in [2.45, 2.75) is 55.9 Å². The van der Waals surface area contributed by atoms with Crippen molar-refractivity contribution in [2.75, 3.05) is 13.2 Å². The standard InChI is InChI=1S/C18H27NO3S/c1-3-4-5-6-11-18(12-14-22-15-13-18)19-23(20,21)17-9-7-16(2)8-10-17/h3,7-10,19H,1,4-6,11-15H2,2H3. The Morgan fingerprint density at radius 3 is 2.48 bits per heavy atom. The van der Waals surface area contributed by atoms with Crippen LogP contribution < -0.4 is 4.72 Å². The van der Waals surface area contributed by atoms with Crippen LogP contribution in [0.3, 0.4) is 0 Å². The van der Waals surface area contributed by atoms with Crippen LogP contribution in [0, 0.1) is 6.92 Å². The molecule has 1 saturated heterocycles. The molecule has 0 unspecified atom stereocenters. The maximum absolute atomic E-state index is 12.7. The van der Waals surface area contributed by atoms with E-state index in [-0.39, 0.29) is 5.54 Å². The van der Waals surface area contributed by atoms with Gasteiger partial charge in [0.15, 0.2) is 0 Å². The maximum atomic E-state index is 12.7. The fraction of sp³-hybridized carbons (Fsp3) is 0.556. The van der Waals surface area contributed by atoms with E-state index in [1.54, 1.807) is 12.1 Å². The van der Waals surface area contributed by atoms with Gasteiger partial charge in [-0.05, 0) is 51.2 Å². The molecule has 0 aromatic heterocycles. The molecule has 1 aromatic rings. The van der Waals surface area contributed by atoms with Gasteiger partial charge in [0.2, 0.25) is 10.0 Å². The molecule has 0 bridgehead atoms. The van der Waals surface area contributed by atoms with Crippen LogP contribution in [0.1, 0.15) is 44.1 Å². The molecule has 1 aliphatic heterocycles. The van der Waals surface area contributed by atoms with Gasteiger partial charge in [-0.3, -0.25) is 0 Å². The van der Waals surface area contributed by atoms with Gasteiger partial charge in [-0.25, -0.2) is 13.1 Å². The predicted octanol–water partition coefficient (Wildman–Crippen LogP) is 3.57. The lowest BCUT2D eigenvalue weighted by molar-refractivity contribution is 0.0429. The van der Waals surface area contributed by atoms with Gasteiger partial charge in [0, 0.05) is 18.8 Å². The summed E-state index contributed by atoms with van der Waals surface area (Å²) in [5.74, 6) is 0. The summed E-state index contributed by atoms with van der Waals surface area (Å²) in [6.45, 7) is 6.90. The Morgan fingerprint density at radius 2 is 1.87 bits per heavy atom. The molecule has 5 heteroatoms. The molecular weight excluding hydrogens is 310 g/mol. The number of hydrogen-bond acceptors (Lipinski definition) is 3. The molecule has 23 heavy (non-hydrogen) atoms. The highest BCUT2D eigenvalue weighted by Crippen LogP contribution is 2.29. The Balaban J connectivity index is 2.12. The number of hydrogen-bond donors (Lipinski definition) is 1. The van der Waals surface area contributed by atoms with Crippen molar-refractivity contribution in [2.24, 2.45) is 0 Å². The summed E-state index contributed by atoms with van der Waals surface area (Å²) < 4.78 is 33.9. The molecule has 0 atom stereocenters. The first-order chi connectivity index (χ1) is 11.0. The molecular formula is C18H27NO3S. The Bertz CT molecular complexity index is 602. The molecule has 0 radical (unpaired) electrons. The Morgan fingerprint density at radius 1 is 1.22 bits per heavy atom. The summed E-state index contributed by atoms with van der Waals surface area (Å²) >= 11 is 0. The van der Waals surface area contributed by atoms with Crippen molar-refractivity contribution < 1.29 is 13.2 Å². The lowest BCUT2D eigenvalue weighted by atomic mass is 9.86. The smallest absolute Gasteiger partial charge is 0.241 e. The van der Waals surface area contributed by atoms with Crippen LogP contribution >= 0.6 is 0 Å². The highest BCUT2D eigenvalue weighted by Gasteiger charge is 2.36. The van der Waals surface area contributed by atoms with E-state index in [2.05, 4.69) is 11.3 Å². The van der Waals surface area contributed by atoms with Gasteiger partial charge in [0.1, 0.15) is 0 Å². The number of benzene rings is 1. The zero-order valence-electron chi connectivity index (χ0n) is 13.9. The summed E-state index contributed by atoms with van der Waals surface area (Å²) in [7, 11) is -3.50. The zero-order valence-corrected chi connectivity index (χ0v) is 14.7. The van der Waals surface area contributed by atoms with Crippen LogP contribution in [0.25, 0.3) is 0 Å². The second-order valence-corrected chi connectivity index (χ2v) is 8.03. The highest BCUT2D eigenvalue weighted by atomic mass is 32.2. The second-order valence-electron chi connectivity index (χ2n) is 6.35. The molecule has 1 aromatic carbocycles. The summed E-state index contributed by atoms with van der Waals surface area (Å²) in [6, 6.07) is 7.00. The third kappa shape index (κ3) is 5.16. The van der Waals surface area contributed by atoms with Crippen molar-refractivity contribution >= 4 is 10.0 Å². The Hall–Kier alpha value is -1.17. The molecule has 1 N–H and O–H groups in total. The number of nitrogens with one attached hydrogen (secondary N) is 1.